The summed E-state index contributed by atoms with van der Waals surface area (Å²) >= 11 is 1.61. The van der Waals surface area contributed by atoms with E-state index in [2.05, 4.69) is 15.2 Å². The molecule has 2 aromatic rings. The minimum absolute atomic E-state index is 0.568. The summed E-state index contributed by atoms with van der Waals surface area (Å²) in [5.74, 6) is 0. The number of nitrogens with two attached hydrogens (primary N) is 1. The van der Waals surface area contributed by atoms with Gasteiger partial charge in [-0.05, 0) is 45.9 Å². The van der Waals surface area contributed by atoms with Gasteiger partial charge in [0.2, 0.25) is 0 Å². The lowest BCUT2D eigenvalue weighted by Crippen LogP contribution is -2.21. The maximum Gasteiger partial charge on any atom is 0.452 e. The van der Waals surface area contributed by atoms with Crippen LogP contribution >= 0.6 is 11.3 Å². The van der Waals surface area contributed by atoms with E-state index in [0.717, 1.165) is 28.1 Å². The quantitative estimate of drug-likeness (QED) is 0.854. The van der Waals surface area contributed by atoms with Crippen LogP contribution in [0.2, 0.25) is 0 Å². The third-order valence-electron chi connectivity index (χ3n) is 2.67. The number of carbonyl (C=O) groups excluding carboxylic acids is 1. The van der Waals surface area contributed by atoms with Crippen LogP contribution in [0.15, 0.2) is 28.4 Å². The molecular weight excluding hydrogens is 300 g/mol. The molecule has 0 radical (unpaired) electrons. The second kappa shape index (κ2) is 6.93. The van der Waals surface area contributed by atoms with Gasteiger partial charge in [0.1, 0.15) is 16.8 Å². The van der Waals surface area contributed by atoms with Crippen molar-refractivity contribution in [1.82, 2.24) is 4.98 Å². The maximum absolute atomic E-state index is 11.6. The zero-order valence-electron chi connectivity index (χ0n) is 13.0. The third-order valence-corrected chi connectivity index (χ3v) is 3.75. The van der Waals surface area contributed by atoms with Gasteiger partial charge in [0.15, 0.2) is 0 Å². The predicted molar refractivity (Wildman–Crippen MR) is 87.7 cm³/mol. The first-order chi connectivity index (χ1) is 10.4. The lowest BCUT2D eigenvalue weighted by molar-refractivity contribution is 0.0592. The standard InChI is InChI=1S/C15H20N4O2S/c1-15(2,3)21-14(20)19-18-10-6-4-7-11-13(10)17-12(22-11)8-5-9-16/h4,6-7H,5,8-9,16H2,1-3H3. The SMILES string of the molecule is CC(C)(C)OC(=O)N=Nc1cccc2sc(CCCN)nc12. The Labute approximate surface area is 133 Å². The molecule has 6 nitrogen and oxygen atoms in total. The van der Waals surface area contributed by atoms with Gasteiger partial charge in [-0.15, -0.1) is 16.5 Å². The van der Waals surface area contributed by atoms with E-state index in [9.17, 15) is 4.79 Å². The first kappa shape index (κ1) is 16.5. The summed E-state index contributed by atoms with van der Waals surface area (Å²) in [6, 6.07) is 5.63. The number of benzene rings is 1. The summed E-state index contributed by atoms with van der Waals surface area (Å²) in [7, 11) is 0. The summed E-state index contributed by atoms with van der Waals surface area (Å²) in [5.41, 5.74) is 6.26. The van der Waals surface area contributed by atoms with Crippen molar-refractivity contribution >= 4 is 33.3 Å². The van der Waals surface area contributed by atoms with Crippen molar-refractivity contribution in [1.29, 1.82) is 0 Å². The molecule has 7 heteroatoms. The Kier molecular flexibility index (Phi) is 5.20. The molecule has 0 atom stereocenters. The van der Waals surface area contributed by atoms with Gasteiger partial charge in [-0.3, -0.25) is 0 Å². The Balaban J connectivity index is 2.20. The molecule has 0 aliphatic rings. The molecule has 0 fully saturated rings. The van der Waals surface area contributed by atoms with E-state index in [1.807, 2.05) is 12.1 Å². The molecule has 0 unspecified atom stereocenters. The average molecular weight is 320 g/mol. The molecular formula is C15H20N4O2S. The first-order valence-corrected chi connectivity index (χ1v) is 7.94. The van der Waals surface area contributed by atoms with Crippen LogP contribution in [0.1, 0.15) is 32.2 Å². The molecule has 0 aliphatic carbocycles. The molecule has 0 spiro atoms. The Morgan fingerprint density at radius 2 is 2.18 bits per heavy atom. The summed E-state index contributed by atoms with van der Waals surface area (Å²) in [6.07, 6.45) is 1.04. The highest BCUT2D eigenvalue weighted by Crippen LogP contribution is 2.30. The Bertz CT molecular complexity index is 688. The van der Waals surface area contributed by atoms with Crippen molar-refractivity contribution in [3.8, 4) is 0 Å². The minimum atomic E-state index is -0.705. The monoisotopic (exact) mass is 320 g/mol. The Morgan fingerprint density at radius 1 is 1.41 bits per heavy atom. The van der Waals surface area contributed by atoms with Crippen LogP contribution in [-0.4, -0.2) is 23.2 Å². The molecule has 0 bridgehead atoms. The molecule has 0 saturated heterocycles. The smallest absolute Gasteiger partial charge is 0.441 e. The van der Waals surface area contributed by atoms with E-state index >= 15 is 0 Å². The number of rotatable bonds is 4. The van der Waals surface area contributed by atoms with Gasteiger partial charge >= 0.3 is 6.09 Å². The number of ether oxygens (including phenoxy) is 1. The van der Waals surface area contributed by atoms with Crippen molar-refractivity contribution in [2.45, 2.75) is 39.2 Å². The molecule has 2 rings (SSSR count). The second-order valence-corrected chi connectivity index (χ2v) is 6.92. The average Bonchev–Trinajstić information content (AvgIpc) is 2.84. The molecule has 1 amide bonds. The van der Waals surface area contributed by atoms with Crippen molar-refractivity contribution < 1.29 is 9.53 Å². The number of carbonyl (C=O) groups is 1. The molecule has 1 heterocycles. The maximum atomic E-state index is 11.6. The fourth-order valence-electron chi connectivity index (χ4n) is 1.80. The van der Waals surface area contributed by atoms with Gasteiger partial charge in [-0.2, -0.15) is 0 Å². The number of amides is 1. The third kappa shape index (κ3) is 4.57. The van der Waals surface area contributed by atoms with E-state index in [0.29, 0.717) is 12.2 Å². The number of hydrogen-bond donors (Lipinski definition) is 1. The Morgan fingerprint density at radius 3 is 2.86 bits per heavy atom. The van der Waals surface area contributed by atoms with Gasteiger partial charge in [0.05, 0.1) is 9.71 Å². The van der Waals surface area contributed by atoms with Crippen LogP contribution in [0, 0.1) is 0 Å². The van der Waals surface area contributed by atoms with Crippen molar-refractivity contribution in [3.63, 3.8) is 0 Å². The van der Waals surface area contributed by atoms with Crippen LogP contribution in [0.25, 0.3) is 10.2 Å². The fraction of sp³-hybridized carbons (Fsp3) is 0.467. The highest BCUT2D eigenvalue weighted by atomic mass is 32.1. The van der Waals surface area contributed by atoms with Crippen molar-refractivity contribution in [3.05, 3.63) is 23.2 Å². The van der Waals surface area contributed by atoms with Crippen LogP contribution in [0.3, 0.4) is 0 Å². The van der Waals surface area contributed by atoms with Crippen LogP contribution in [0.5, 0.6) is 0 Å². The zero-order valence-corrected chi connectivity index (χ0v) is 13.8. The highest BCUT2D eigenvalue weighted by molar-refractivity contribution is 7.18. The first-order valence-electron chi connectivity index (χ1n) is 7.12. The molecule has 2 N–H and O–H groups in total. The molecule has 1 aromatic heterocycles. The largest absolute Gasteiger partial charge is 0.452 e. The minimum Gasteiger partial charge on any atom is -0.441 e. The molecule has 118 valence electrons. The predicted octanol–water partition coefficient (Wildman–Crippen LogP) is 4.21. The van der Waals surface area contributed by atoms with Crippen molar-refractivity contribution in [2.24, 2.45) is 16.0 Å². The number of para-hydroxylation sites is 1. The normalized spacial score (nSPS) is 12.2. The van der Waals surface area contributed by atoms with Crippen molar-refractivity contribution in [2.75, 3.05) is 6.54 Å². The summed E-state index contributed by atoms with van der Waals surface area (Å²) in [4.78, 5) is 16.2. The van der Waals surface area contributed by atoms with Gasteiger partial charge in [0.25, 0.3) is 0 Å². The topological polar surface area (TPSA) is 89.9 Å². The second-order valence-electron chi connectivity index (χ2n) is 5.80. The van der Waals surface area contributed by atoms with Crippen LogP contribution in [-0.2, 0) is 11.2 Å². The van der Waals surface area contributed by atoms with E-state index in [-0.39, 0.29) is 0 Å². The van der Waals surface area contributed by atoms with E-state index in [1.165, 1.54) is 0 Å². The zero-order chi connectivity index (χ0) is 16.2. The van der Waals surface area contributed by atoms with E-state index < -0.39 is 11.7 Å². The molecule has 1 aromatic carbocycles. The van der Waals surface area contributed by atoms with Crippen LogP contribution < -0.4 is 5.73 Å². The van der Waals surface area contributed by atoms with Gasteiger partial charge in [0, 0.05) is 6.42 Å². The fourth-order valence-corrected chi connectivity index (χ4v) is 2.83. The van der Waals surface area contributed by atoms with E-state index in [4.69, 9.17) is 10.5 Å². The number of nitrogens with zero attached hydrogens (tertiary/aromatic N) is 3. The van der Waals surface area contributed by atoms with Crippen LogP contribution in [0.4, 0.5) is 10.5 Å². The number of azo groups is 1. The van der Waals surface area contributed by atoms with E-state index in [1.54, 1.807) is 38.2 Å². The summed E-state index contributed by atoms with van der Waals surface area (Å²) in [6.45, 7) is 5.99. The molecule has 0 aliphatic heterocycles. The number of fused-ring (bicyclic) bond motifs is 1. The lowest BCUT2D eigenvalue weighted by atomic mass is 10.2. The number of aromatic nitrogens is 1. The lowest BCUT2D eigenvalue weighted by Gasteiger charge is -2.16. The van der Waals surface area contributed by atoms with Gasteiger partial charge in [-0.1, -0.05) is 11.2 Å². The summed E-state index contributed by atoms with van der Waals surface area (Å²) in [5, 5.41) is 8.61. The summed E-state index contributed by atoms with van der Waals surface area (Å²) < 4.78 is 6.12. The molecule has 22 heavy (non-hydrogen) atoms. The highest BCUT2D eigenvalue weighted by Gasteiger charge is 2.16. The van der Waals surface area contributed by atoms with Gasteiger partial charge in [-0.25, -0.2) is 9.78 Å². The Hall–Kier alpha value is -1.86. The van der Waals surface area contributed by atoms with Gasteiger partial charge < -0.3 is 10.5 Å². The number of aryl methyl sites for hydroxylation is 1. The molecule has 0 saturated carbocycles. The number of hydrogen-bond acceptors (Lipinski definition) is 6. The number of thiazole rings is 1.